The molecule has 11 heteroatoms. The van der Waals surface area contributed by atoms with Gasteiger partial charge >= 0.3 is 45.2 Å². The van der Waals surface area contributed by atoms with Gasteiger partial charge in [-0.3, -0.25) is 19.6 Å². The van der Waals surface area contributed by atoms with Crippen molar-refractivity contribution in [1.29, 1.82) is 0 Å². The summed E-state index contributed by atoms with van der Waals surface area (Å²) in [5, 5.41) is 0. The monoisotopic (exact) mass is 451 g/mol. The van der Waals surface area contributed by atoms with Gasteiger partial charge in [0.2, 0.25) is 0 Å². The van der Waals surface area contributed by atoms with E-state index in [9.17, 15) is 9.13 Å². The number of rotatable bonds is 8. The molecule has 0 aliphatic rings. The first-order valence-electron chi connectivity index (χ1n) is 8.45. The molecule has 29 heavy (non-hydrogen) atoms. The van der Waals surface area contributed by atoms with Crippen molar-refractivity contribution in [3.05, 3.63) is 59.7 Å². The van der Waals surface area contributed by atoms with Crippen molar-refractivity contribution >= 4 is 26.8 Å². The molecule has 0 aromatic heterocycles. The summed E-state index contributed by atoms with van der Waals surface area (Å²) in [5.74, 6) is 0.147. The van der Waals surface area contributed by atoms with Crippen molar-refractivity contribution < 1.29 is 67.3 Å². The van der Waals surface area contributed by atoms with Gasteiger partial charge in [-0.1, -0.05) is 38.1 Å². The molecule has 0 atom stereocenters. The fourth-order valence-electron chi connectivity index (χ4n) is 2.89. The van der Waals surface area contributed by atoms with Crippen molar-refractivity contribution in [2.24, 2.45) is 0 Å². The molecule has 0 unspecified atom stereocenters. The van der Waals surface area contributed by atoms with Crippen LogP contribution in [0.3, 0.4) is 0 Å². The summed E-state index contributed by atoms with van der Waals surface area (Å²) >= 11 is 0. The molecule has 2 aromatic rings. The average Bonchev–Trinajstić information content (AvgIpc) is 2.59. The Morgan fingerprint density at radius 1 is 0.690 bits per heavy atom. The number of phosphoric ester groups is 2. The smallest absolute Gasteiger partial charge is 0.404 e. The minimum Gasteiger partial charge on any atom is -0.404 e. The summed E-state index contributed by atoms with van der Waals surface area (Å²) in [6.45, 7) is 3.99. The van der Waals surface area contributed by atoms with E-state index in [1.807, 2.05) is 13.8 Å². The molecule has 0 spiro atoms. The third kappa shape index (κ3) is 8.38. The van der Waals surface area contributed by atoms with Crippen LogP contribution in [0, 0.1) is 0 Å². The minimum atomic E-state index is -4.61. The molecule has 0 fully saturated rings. The summed E-state index contributed by atoms with van der Waals surface area (Å²) in [4.78, 5) is 35.5. The molecule has 152 valence electrons. The van der Waals surface area contributed by atoms with Crippen LogP contribution in [0.2, 0.25) is 0 Å². The van der Waals surface area contributed by atoms with Crippen LogP contribution in [0.25, 0.3) is 11.1 Å². The van der Waals surface area contributed by atoms with Crippen LogP contribution in [0.5, 0.6) is 11.5 Å². The first kappa shape index (κ1) is 26.1. The molecular formula is C18H22NaO8P2+. The standard InChI is InChI=1S/C18H22O8P2.Na/c1-3-17(13-5-9-15(10-6-13)25-27(19,20)21)18(4-2)14-7-11-16(12-8-14)26-28(22,23)24;/h5-12H,3-4H2,1-2H3,(H2,19,20,21)(H2,22,23,24);/q;+1. The van der Waals surface area contributed by atoms with Crippen molar-refractivity contribution in [2.75, 3.05) is 0 Å². The van der Waals surface area contributed by atoms with Gasteiger partial charge in [-0.2, -0.15) is 0 Å². The van der Waals surface area contributed by atoms with E-state index in [1.54, 1.807) is 24.3 Å². The average molecular weight is 451 g/mol. The normalized spacial score (nSPS) is 12.6. The first-order valence-corrected chi connectivity index (χ1v) is 11.5. The Kier molecular flexibility index (Phi) is 9.83. The second-order valence-electron chi connectivity index (χ2n) is 5.88. The van der Waals surface area contributed by atoms with Crippen LogP contribution < -0.4 is 38.6 Å². The minimum absolute atomic E-state index is 0. The fourth-order valence-corrected chi connectivity index (χ4v) is 3.68. The molecular weight excluding hydrogens is 429 g/mol. The van der Waals surface area contributed by atoms with Gasteiger partial charge in [0, 0.05) is 0 Å². The van der Waals surface area contributed by atoms with Crippen molar-refractivity contribution in [2.45, 2.75) is 26.7 Å². The van der Waals surface area contributed by atoms with Gasteiger partial charge in [0.15, 0.2) is 0 Å². The summed E-state index contributed by atoms with van der Waals surface area (Å²) in [6.07, 6.45) is 1.42. The van der Waals surface area contributed by atoms with Crippen LogP contribution >= 0.6 is 15.6 Å². The van der Waals surface area contributed by atoms with Crippen molar-refractivity contribution in [3.8, 4) is 11.5 Å². The molecule has 4 N–H and O–H groups in total. The topological polar surface area (TPSA) is 134 Å². The van der Waals surface area contributed by atoms with Crippen LogP contribution in [0.15, 0.2) is 48.5 Å². The van der Waals surface area contributed by atoms with Crippen LogP contribution in [0.4, 0.5) is 0 Å². The molecule has 2 aromatic carbocycles. The Morgan fingerprint density at radius 3 is 1.17 bits per heavy atom. The van der Waals surface area contributed by atoms with E-state index in [2.05, 4.69) is 9.05 Å². The molecule has 0 amide bonds. The Bertz CT molecular complexity index is 852. The van der Waals surface area contributed by atoms with E-state index < -0.39 is 15.6 Å². The molecule has 0 heterocycles. The predicted octanol–water partition coefficient (Wildman–Crippen LogP) is 1.36. The van der Waals surface area contributed by atoms with E-state index in [-0.39, 0.29) is 41.1 Å². The summed E-state index contributed by atoms with van der Waals surface area (Å²) < 4.78 is 31.0. The molecule has 2 rings (SSSR count). The van der Waals surface area contributed by atoms with Gasteiger partial charge in [0.1, 0.15) is 11.5 Å². The van der Waals surface area contributed by atoms with E-state index in [0.717, 1.165) is 22.3 Å². The van der Waals surface area contributed by atoms with Gasteiger partial charge in [-0.25, -0.2) is 9.13 Å². The van der Waals surface area contributed by atoms with E-state index in [0.29, 0.717) is 12.8 Å². The third-order valence-corrected chi connectivity index (χ3v) is 4.82. The largest absolute Gasteiger partial charge is 1.00 e. The van der Waals surface area contributed by atoms with Gasteiger partial charge in [0.25, 0.3) is 0 Å². The molecule has 0 aliphatic carbocycles. The number of hydrogen-bond donors (Lipinski definition) is 4. The zero-order valence-corrected chi connectivity index (χ0v) is 20.1. The van der Waals surface area contributed by atoms with Crippen LogP contribution in [-0.4, -0.2) is 19.6 Å². The first-order chi connectivity index (χ1) is 13.0. The second-order valence-corrected chi connectivity index (χ2v) is 8.20. The number of phosphoric acid groups is 2. The zero-order chi connectivity index (χ0) is 20.9. The van der Waals surface area contributed by atoms with Crippen molar-refractivity contribution in [3.63, 3.8) is 0 Å². The van der Waals surface area contributed by atoms with Gasteiger partial charge in [-0.15, -0.1) is 0 Å². The number of allylic oxidation sites excluding steroid dienone is 2. The van der Waals surface area contributed by atoms with Crippen LogP contribution in [-0.2, 0) is 9.13 Å². The molecule has 0 saturated carbocycles. The molecule has 0 aliphatic heterocycles. The second kappa shape index (κ2) is 10.9. The fraction of sp³-hybridized carbons (Fsp3) is 0.222. The quantitative estimate of drug-likeness (QED) is 0.269. The summed E-state index contributed by atoms with van der Waals surface area (Å²) in [7, 11) is -9.21. The third-order valence-electron chi connectivity index (χ3n) is 3.93. The van der Waals surface area contributed by atoms with Gasteiger partial charge in [0.05, 0.1) is 0 Å². The van der Waals surface area contributed by atoms with Crippen LogP contribution in [0.1, 0.15) is 37.8 Å². The van der Waals surface area contributed by atoms with Gasteiger partial charge < -0.3 is 9.05 Å². The Labute approximate surface area is 191 Å². The summed E-state index contributed by atoms with van der Waals surface area (Å²) in [6, 6.07) is 12.9. The summed E-state index contributed by atoms with van der Waals surface area (Å²) in [5.41, 5.74) is 3.84. The Balaban J connectivity index is 0.00000420. The maximum Gasteiger partial charge on any atom is 1.00 e. The molecule has 8 nitrogen and oxygen atoms in total. The molecule has 0 bridgehead atoms. The number of hydrogen-bond acceptors (Lipinski definition) is 4. The molecule has 0 radical (unpaired) electrons. The maximum absolute atomic E-state index is 10.9. The number of benzene rings is 2. The Morgan fingerprint density at radius 2 is 0.966 bits per heavy atom. The van der Waals surface area contributed by atoms with Gasteiger partial charge in [-0.05, 0) is 59.4 Å². The zero-order valence-electron chi connectivity index (χ0n) is 16.3. The van der Waals surface area contributed by atoms with E-state index in [4.69, 9.17) is 19.6 Å². The van der Waals surface area contributed by atoms with Crippen molar-refractivity contribution in [1.82, 2.24) is 0 Å². The van der Waals surface area contributed by atoms with E-state index in [1.165, 1.54) is 24.3 Å². The maximum atomic E-state index is 10.9. The SMILES string of the molecule is CCC(=C(CC)c1ccc(OP(=O)(O)O)cc1)c1ccc(OP(=O)(O)O)cc1.[Na+]. The predicted molar refractivity (Wildman–Crippen MR) is 106 cm³/mol. The van der Waals surface area contributed by atoms with E-state index >= 15 is 0 Å². The molecule has 0 saturated heterocycles. The Hall–Kier alpha value is -0.920.